The zero-order valence-electron chi connectivity index (χ0n) is 35.8. The maximum absolute atomic E-state index is 14.9. The number of carbonyl (C=O) groups is 4. The topological polar surface area (TPSA) is 207 Å². The number of hydrogen-bond acceptors (Lipinski definition) is 14. The maximum Gasteiger partial charge on any atom is 0.338 e. The van der Waals surface area contributed by atoms with Crippen LogP contribution in [-0.4, -0.2) is 117 Å². The number of nitrogens with one attached hydrogen (secondary N) is 1. The minimum absolute atomic E-state index is 0. The molecule has 2 bridgehead atoms. The zero-order chi connectivity index (χ0) is 43.9. The number of ether oxygens (including phenoxy) is 5. The molecule has 3 aromatic carbocycles. The van der Waals surface area contributed by atoms with E-state index in [2.05, 4.69) is 5.32 Å². The average Bonchev–Trinajstić information content (AvgIpc) is 3.25. The molecule has 14 nitrogen and oxygen atoms in total. The summed E-state index contributed by atoms with van der Waals surface area (Å²) in [6.07, 6.45) is -7.93. The minimum Gasteiger partial charge on any atom is -0.456 e. The molecule has 4 aliphatic rings. The molecule has 3 fully saturated rings. The van der Waals surface area contributed by atoms with E-state index in [1.54, 1.807) is 99.6 Å². The van der Waals surface area contributed by atoms with Crippen LogP contribution in [0.3, 0.4) is 0 Å². The zero-order valence-corrected chi connectivity index (χ0v) is 46.1. The van der Waals surface area contributed by atoms with Gasteiger partial charge in [0.1, 0.15) is 36.3 Å². The molecule has 5 N–H and O–H groups in total. The fourth-order valence-electron chi connectivity index (χ4n) is 9.93. The van der Waals surface area contributed by atoms with E-state index in [4.69, 9.17) is 23.7 Å². The SMILES string of the molecule is CSCOCOC(C(=O)OC1CC2(O)C(OC(=O)c3ccccc3)C3C4(O)COC4CC(O)[C@@]3(C)C(=O)C(O)C(=C1C)C2(C)C)C(NC(=O)c1ccccc1)c1ccccc1.[Ac].[Ac]. The number of ketones is 1. The van der Waals surface area contributed by atoms with E-state index in [0.29, 0.717) is 11.1 Å². The number of aliphatic hydroxyl groups is 4. The Hall–Kier alpha value is -1.57. The molecule has 1 amide bonds. The van der Waals surface area contributed by atoms with Gasteiger partial charge in [-0.1, -0.05) is 80.6 Å². The van der Waals surface area contributed by atoms with Crippen LogP contribution in [0.25, 0.3) is 0 Å². The Labute approximate surface area is 442 Å². The summed E-state index contributed by atoms with van der Waals surface area (Å²) in [7, 11) is 0. The summed E-state index contributed by atoms with van der Waals surface area (Å²) in [4.78, 5) is 57.5. The van der Waals surface area contributed by atoms with Gasteiger partial charge in [0.25, 0.3) is 5.91 Å². The van der Waals surface area contributed by atoms with Gasteiger partial charge in [-0.15, -0.1) is 11.8 Å². The Morgan fingerprint density at radius 1 is 0.889 bits per heavy atom. The number of Topliss-reactive ketones (excluding diaryl/α,β-unsaturated/α-hetero) is 1. The molecule has 332 valence electrons. The van der Waals surface area contributed by atoms with Gasteiger partial charge >= 0.3 is 11.9 Å². The first kappa shape index (κ1) is 52.4. The van der Waals surface area contributed by atoms with Crippen LogP contribution in [-0.2, 0) is 33.3 Å². The molecule has 2 saturated carbocycles. The smallest absolute Gasteiger partial charge is 0.338 e. The molecule has 2 radical (unpaired) electrons. The second-order valence-corrected chi connectivity index (χ2v) is 17.9. The van der Waals surface area contributed by atoms with Crippen LogP contribution in [0, 0.1) is 105 Å². The van der Waals surface area contributed by atoms with Crippen LogP contribution < -0.4 is 5.32 Å². The van der Waals surface area contributed by atoms with Crippen LogP contribution in [0.1, 0.15) is 72.9 Å². The van der Waals surface area contributed by atoms with Crippen LogP contribution in [0.5, 0.6) is 0 Å². The Morgan fingerprint density at radius 3 is 2.05 bits per heavy atom. The van der Waals surface area contributed by atoms with Crippen molar-refractivity contribution in [1.29, 1.82) is 0 Å². The predicted molar refractivity (Wildman–Crippen MR) is 222 cm³/mol. The Morgan fingerprint density at radius 2 is 1.48 bits per heavy atom. The third-order valence-electron chi connectivity index (χ3n) is 13.4. The molecule has 1 saturated heterocycles. The van der Waals surface area contributed by atoms with Gasteiger partial charge in [0.2, 0.25) is 0 Å². The number of esters is 2. The summed E-state index contributed by atoms with van der Waals surface area (Å²) in [5, 5.41) is 52.8. The van der Waals surface area contributed by atoms with E-state index in [0.717, 1.165) is 0 Å². The first-order valence-electron chi connectivity index (χ1n) is 20.2. The van der Waals surface area contributed by atoms with Crippen LogP contribution in [0.15, 0.2) is 102 Å². The molecular formula is C46H53Ac2NO13S. The molecule has 7 rings (SSSR count). The molecule has 3 aliphatic carbocycles. The fourth-order valence-corrected chi connectivity index (χ4v) is 10.2. The summed E-state index contributed by atoms with van der Waals surface area (Å²) >= 11 is 1.38. The Balaban J connectivity index is 0.00000374. The maximum atomic E-state index is 14.9. The molecule has 10 unspecified atom stereocenters. The molecule has 63 heavy (non-hydrogen) atoms. The van der Waals surface area contributed by atoms with E-state index >= 15 is 0 Å². The molecular weight excluding hydrogens is 1260 g/mol. The molecule has 3 aromatic rings. The average molecular weight is 1310 g/mol. The number of aliphatic hydroxyl groups excluding tert-OH is 2. The second-order valence-electron chi connectivity index (χ2n) is 17.1. The minimum atomic E-state index is -2.30. The molecule has 0 spiro atoms. The predicted octanol–water partition coefficient (Wildman–Crippen LogP) is 3.91. The quantitative estimate of drug-likeness (QED) is 0.0713. The number of fused-ring (bicyclic) bond motifs is 5. The Kier molecular flexibility index (Phi) is 17.6. The number of hydrogen-bond donors (Lipinski definition) is 5. The van der Waals surface area contributed by atoms with Gasteiger partial charge in [-0.2, -0.15) is 0 Å². The van der Waals surface area contributed by atoms with E-state index in [-0.39, 0.29) is 131 Å². The monoisotopic (exact) mass is 1310 g/mol. The summed E-state index contributed by atoms with van der Waals surface area (Å²) in [5.41, 5.74) is -6.59. The van der Waals surface area contributed by atoms with Crippen molar-refractivity contribution in [1.82, 2.24) is 5.32 Å². The number of carbonyl (C=O) groups excluding carboxylic acids is 4. The van der Waals surface area contributed by atoms with Crippen molar-refractivity contribution in [3.8, 4) is 0 Å². The van der Waals surface area contributed by atoms with Crippen molar-refractivity contribution < 1.29 is 151 Å². The van der Waals surface area contributed by atoms with Gasteiger partial charge in [-0.25, -0.2) is 9.59 Å². The number of thioether (sulfide) groups is 1. The van der Waals surface area contributed by atoms with Crippen LogP contribution >= 0.6 is 11.8 Å². The van der Waals surface area contributed by atoms with Crippen molar-refractivity contribution in [2.75, 3.05) is 25.6 Å². The van der Waals surface area contributed by atoms with Gasteiger partial charge in [0, 0.05) is 118 Å². The van der Waals surface area contributed by atoms with E-state index in [9.17, 15) is 39.6 Å². The summed E-state index contributed by atoms with van der Waals surface area (Å²) in [6.45, 7) is 5.47. The van der Waals surface area contributed by atoms with Crippen molar-refractivity contribution in [3.05, 3.63) is 119 Å². The van der Waals surface area contributed by atoms with Crippen molar-refractivity contribution in [3.63, 3.8) is 0 Å². The third kappa shape index (κ3) is 9.62. The molecule has 1 heterocycles. The van der Waals surface area contributed by atoms with Gasteiger partial charge < -0.3 is 49.4 Å². The Bertz CT molecular complexity index is 2150. The van der Waals surface area contributed by atoms with Crippen molar-refractivity contribution >= 4 is 35.4 Å². The van der Waals surface area contributed by atoms with Gasteiger partial charge in [-0.3, -0.25) is 9.59 Å². The van der Waals surface area contributed by atoms with Gasteiger partial charge in [-0.05, 0) is 61.1 Å². The fraction of sp³-hybridized carbons (Fsp3) is 0.478. The van der Waals surface area contributed by atoms with Crippen molar-refractivity contribution in [2.45, 2.75) is 94.4 Å². The van der Waals surface area contributed by atoms with Gasteiger partial charge in [0.15, 0.2) is 11.9 Å². The van der Waals surface area contributed by atoms with Crippen LogP contribution in [0.2, 0.25) is 0 Å². The summed E-state index contributed by atoms with van der Waals surface area (Å²) in [6, 6.07) is 23.9. The number of amides is 1. The first-order valence-corrected chi connectivity index (χ1v) is 21.6. The summed E-state index contributed by atoms with van der Waals surface area (Å²) < 4.78 is 30.0. The molecule has 0 aromatic heterocycles. The molecule has 17 heteroatoms. The van der Waals surface area contributed by atoms with E-state index in [1.807, 2.05) is 6.26 Å². The number of rotatable bonds is 13. The van der Waals surface area contributed by atoms with E-state index in [1.165, 1.54) is 30.8 Å². The first-order chi connectivity index (χ1) is 29.0. The van der Waals surface area contributed by atoms with Gasteiger partial charge in [0.05, 0.1) is 41.8 Å². The second kappa shape index (κ2) is 21.2. The summed E-state index contributed by atoms with van der Waals surface area (Å²) in [5.74, 6) is -4.54. The normalized spacial score (nSPS) is 31.4. The standard InChI is InChI=1S/C46H53NO13S.2Ac/c1-26-30(59-42(53)36(58-24-56-25-61-5)34(27-15-9-6-10-16-27)47-40(51)28-17-11-7-12-18-28)22-46(55)39(60-41(52)29-19-13-8-14-20-29)37-44(4,31(48)21-32-45(37,54)23-57-32)38(50)35(49)33(26)43(46,2)3;;/h6-20,30-32,34-37,39,48-49,54-55H,21-25H2,1-5H3,(H,47,51);;/t30?,31?,32?,34?,35?,36?,37?,39?,44-,45?,46?;;/m1../s1. The van der Waals surface area contributed by atoms with E-state index < -0.39 is 101 Å². The third-order valence-corrected chi connectivity index (χ3v) is 13.8. The molecule has 11 atom stereocenters. The number of benzene rings is 3. The van der Waals surface area contributed by atoms with Crippen molar-refractivity contribution in [2.24, 2.45) is 16.7 Å². The molecule has 1 aliphatic heterocycles. The largest absolute Gasteiger partial charge is 0.456 e. The van der Waals surface area contributed by atoms with Crippen LogP contribution in [0.4, 0.5) is 0 Å².